The summed E-state index contributed by atoms with van der Waals surface area (Å²) in [4.78, 5) is 11.9. The first-order valence-electron chi connectivity index (χ1n) is 6.94. The smallest absolute Gasteiger partial charge is 0.220 e. The number of benzene rings is 1. The number of amides is 1. The largest absolute Gasteiger partial charge is 0.392 e. The highest BCUT2D eigenvalue weighted by Gasteiger charge is 2.16. The molecule has 2 rings (SSSR count). The highest BCUT2D eigenvalue weighted by Crippen LogP contribution is 2.15. The third-order valence-electron chi connectivity index (χ3n) is 3.70. The molecule has 1 fully saturated rings. The van der Waals surface area contributed by atoms with Gasteiger partial charge in [0.2, 0.25) is 5.91 Å². The van der Waals surface area contributed by atoms with Crippen LogP contribution in [0, 0.1) is 5.92 Å². The van der Waals surface area contributed by atoms with E-state index in [1.807, 2.05) is 24.3 Å². The molecule has 0 aliphatic carbocycles. The average Bonchev–Trinajstić information content (AvgIpc) is 2.46. The van der Waals surface area contributed by atoms with Gasteiger partial charge in [-0.3, -0.25) is 4.79 Å². The van der Waals surface area contributed by atoms with Gasteiger partial charge < -0.3 is 15.7 Å². The Hall–Kier alpha value is -1.39. The van der Waals surface area contributed by atoms with Gasteiger partial charge in [0.25, 0.3) is 0 Å². The molecule has 4 heteroatoms. The normalized spacial score (nSPS) is 16.3. The summed E-state index contributed by atoms with van der Waals surface area (Å²) in [5.74, 6) is 0.619. The monoisotopic (exact) mass is 262 g/mol. The molecule has 1 aliphatic rings. The van der Waals surface area contributed by atoms with Gasteiger partial charge in [0.05, 0.1) is 6.61 Å². The molecule has 19 heavy (non-hydrogen) atoms. The molecule has 0 radical (unpaired) electrons. The maximum atomic E-state index is 11.9. The van der Waals surface area contributed by atoms with E-state index in [1.54, 1.807) is 0 Å². The van der Waals surface area contributed by atoms with E-state index in [0.717, 1.165) is 37.1 Å². The van der Waals surface area contributed by atoms with Gasteiger partial charge in [0.1, 0.15) is 0 Å². The SMILES string of the molecule is O=C(CC1CCNCC1)NCc1ccccc1CO. The molecule has 1 aromatic carbocycles. The van der Waals surface area contributed by atoms with Crippen molar-refractivity contribution >= 4 is 5.91 Å². The number of hydrogen-bond donors (Lipinski definition) is 3. The van der Waals surface area contributed by atoms with E-state index in [-0.39, 0.29) is 12.5 Å². The van der Waals surface area contributed by atoms with E-state index in [0.29, 0.717) is 18.9 Å². The third-order valence-corrected chi connectivity index (χ3v) is 3.70. The number of carbonyl (C=O) groups is 1. The van der Waals surface area contributed by atoms with Gasteiger partial charge >= 0.3 is 0 Å². The molecule has 104 valence electrons. The lowest BCUT2D eigenvalue weighted by atomic mass is 9.94. The van der Waals surface area contributed by atoms with Crippen molar-refractivity contribution in [3.05, 3.63) is 35.4 Å². The van der Waals surface area contributed by atoms with Crippen LogP contribution in [0.25, 0.3) is 0 Å². The first-order valence-corrected chi connectivity index (χ1v) is 6.94. The lowest BCUT2D eigenvalue weighted by molar-refractivity contribution is -0.122. The molecule has 0 spiro atoms. The Kier molecular flexibility index (Phi) is 5.36. The van der Waals surface area contributed by atoms with Crippen LogP contribution in [0.15, 0.2) is 24.3 Å². The molecule has 1 aromatic rings. The van der Waals surface area contributed by atoms with Crippen LogP contribution in [0.4, 0.5) is 0 Å². The second-order valence-electron chi connectivity index (χ2n) is 5.10. The van der Waals surface area contributed by atoms with E-state index in [9.17, 15) is 9.90 Å². The molecule has 1 amide bonds. The molecule has 0 bridgehead atoms. The molecular formula is C15H22N2O2. The maximum absolute atomic E-state index is 11.9. The number of piperidine rings is 1. The van der Waals surface area contributed by atoms with Gasteiger partial charge in [-0.25, -0.2) is 0 Å². The molecule has 0 unspecified atom stereocenters. The topological polar surface area (TPSA) is 61.4 Å². The van der Waals surface area contributed by atoms with Gasteiger partial charge in [0.15, 0.2) is 0 Å². The van der Waals surface area contributed by atoms with Crippen molar-refractivity contribution in [1.82, 2.24) is 10.6 Å². The van der Waals surface area contributed by atoms with Crippen LogP contribution in [-0.4, -0.2) is 24.1 Å². The second kappa shape index (κ2) is 7.26. The predicted molar refractivity (Wildman–Crippen MR) is 74.4 cm³/mol. The van der Waals surface area contributed by atoms with Crippen LogP contribution in [0.5, 0.6) is 0 Å². The quantitative estimate of drug-likeness (QED) is 0.747. The van der Waals surface area contributed by atoms with Crippen molar-refractivity contribution in [3.63, 3.8) is 0 Å². The second-order valence-corrected chi connectivity index (χ2v) is 5.10. The highest BCUT2D eigenvalue weighted by molar-refractivity contribution is 5.76. The van der Waals surface area contributed by atoms with E-state index in [4.69, 9.17) is 0 Å². The fraction of sp³-hybridized carbons (Fsp3) is 0.533. The fourth-order valence-corrected chi connectivity index (χ4v) is 2.50. The number of nitrogens with one attached hydrogen (secondary N) is 2. The maximum Gasteiger partial charge on any atom is 0.220 e. The van der Waals surface area contributed by atoms with E-state index in [2.05, 4.69) is 10.6 Å². The zero-order chi connectivity index (χ0) is 13.5. The third kappa shape index (κ3) is 4.33. The minimum atomic E-state index is 0.0142. The summed E-state index contributed by atoms with van der Waals surface area (Å²) in [5, 5.41) is 15.5. The molecule has 0 aromatic heterocycles. The number of aliphatic hydroxyl groups excluding tert-OH is 1. The zero-order valence-corrected chi connectivity index (χ0v) is 11.2. The molecule has 3 N–H and O–H groups in total. The Morgan fingerprint density at radius 1 is 1.26 bits per heavy atom. The van der Waals surface area contributed by atoms with Crippen LogP contribution in [0.2, 0.25) is 0 Å². The summed E-state index contributed by atoms with van der Waals surface area (Å²) < 4.78 is 0. The van der Waals surface area contributed by atoms with E-state index in [1.165, 1.54) is 0 Å². The van der Waals surface area contributed by atoms with Crippen LogP contribution in [0.3, 0.4) is 0 Å². The molecule has 1 heterocycles. The van der Waals surface area contributed by atoms with Crippen molar-refractivity contribution in [2.75, 3.05) is 13.1 Å². The molecule has 4 nitrogen and oxygen atoms in total. The Labute approximate surface area is 114 Å². The highest BCUT2D eigenvalue weighted by atomic mass is 16.3. The van der Waals surface area contributed by atoms with Gasteiger partial charge in [-0.05, 0) is 43.0 Å². The van der Waals surface area contributed by atoms with Crippen molar-refractivity contribution in [2.45, 2.75) is 32.4 Å². The number of carbonyl (C=O) groups excluding carboxylic acids is 1. The zero-order valence-electron chi connectivity index (χ0n) is 11.2. The van der Waals surface area contributed by atoms with Crippen LogP contribution < -0.4 is 10.6 Å². The summed E-state index contributed by atoms with van der Waals surface area (Å²) in [7, 11) is 0. The number of aliphatic hydroxyl groups is 1. The Morgan fingerprint density at radius 2 is 1.95 bits per heavy atom. The molecule has 1 saturated heterocycles. The van der Waals surface area contributed by atoms with Crippen molar-refractivity contribution in [1.29, 1.82) is 0 Å². The lowest BCUT2D eigenvalue weighted by Crippen LogP contribution is -2.32. The van der Waals surface area contributed by atoms with Crippen molar-refractivity contribution < 1.29 is 9.90 Å². The fourth-order valence-electron chi connectivity index (χ4n) is 2.50. The summed E-state index contributed by atoms with van der Waals surface area (Å²) in [5.41, 5.74) is 1.87. The lowest BCUT2D eigenvalue weighted by Gasteiger charge is -2.22. The minimum Gasteiger partial charge on any atom is -0.392 e. The van der Waals surface area contributed by atoms with Crippen LogP contribution in [0.1, 0.15) is 30.4 Å². The molecule has 0 atom stereocenters. The summed E-state index contributed by atoms with van der Waals surface area (Å²) >= 11 is 0. The summed E-state index contributed by atoms with van der Waals surface area (Å²) in [6.07, 6.45) is 2.78. The summed E-state index contributed by atoms with van der Waals surface area (Å²) in [6, 6.07) is 7.64. The molecule has 1 aliphatic heterocycles. The van der Waals surface area contributed by atoms with Crippen LogP contribution >= 0.6 is 0 Å². The Bertz CT molecular complexity index is 414. The van der Waals surface area contributed by atoms with E-state index >= 15 is 0 Å². The summed E-state index contributed by atoms with van der Waals surface area (Å²) in [6.45, 7) is 2.55. The first kappa shape index (κ1) is 14.0. The van der Waals surface area contributed by atoms with Crippen molar-refractivity contribution in [2.24, 2.45) is 5.92 Å². The van der Waals surface area contributed by atoms with Crippen LogP contribution in [-0.2, 0) is 17.9 Å². The predicted octanol–water partition coefficient (Wildman–Crippen LogP) is 1.18. The molecule has 0 saturated carbocycles. The first-order chi connectivity index (χ1) is 9.29. The minimum absolute atomic E-state index is 0.0142. The van der Waals surface area contributed by atoms with Gasteiger partial charge in [0, 0.05) is 13.0 Å². The van der Waals surface area contributed by atoms with E-state index < -0.39 is 0 Å². The number of rotatable bonds is 5. The van der Waals surface area contributed by atoms with Gasteiger partial charge in [-0.15, -0.1) is 0 Å². The van der Waals surface area contributed by atoms with Gasteiger partial charge in [-0.1, -0.05) is 24.3 Å². The number of hydrogen-bond acceptors (Lipinski definition) is 3. The van der Waals surface area contributed by atoms with Gasteiger partial charge in [-0.2, -0.15) is 0 Å². The Morgan fingerprint density at radius 3 is 2.63 bits per heavy atom. The standard InChI is InChI=1S/C15H22N2O2/c18-11-14-4-2-1-3-13(14)10-17-15(19)9-12-5-7-16-8-6-12/h1-4,12,16,18H,5-11H2,(H,17,19). The molecular weight excluding hydrogens is 240 g/mol. The van der Waals surface area contributed by atoms with Crippen molar-refractivity contribution in [3.8, 4) is 0 Å². The Balaban J connectivity index is 1.79. The average molecular weight is 262 g/mol.